The van der Waals surface area contributed by atoms with Gasteiger partial charge in [-0.1, -0.05) is 12.1 Å². The zero-order chi connectivity index (χ0) is 13.2. The Balaban J connectivity index is 3.41. The lowest BCUT2D eigenvalue weighted by Crippen LogP contribution is -2.14. The molecule has 1 N–H and O–H groups in total. The first kappa shape index (κ1) is 13.5. The van der Waals surface area contributed by atoms with E-state index in [1.807, 2.05) is 0 Å². The molecule has 0 saturated heterocycles. The molecule has 17 heavy (non-hydrogen) atoms. The Morgan fingerprint density at radius 2 is 2.06 bits per heavy atom. The molecule has 0 atom stereocenters. The third kappa shape index (κ3) is 2.96. The van der Waals surface area contributed by atoms with Gasteiger partial charge in [0.15, 0.2) is 0 Å². The van der Waals surface area contributed by atoms with Gasteiger partial charge in [0.25, 0.3) is 0 Å². The molecule has 0 saturated carbocycles. The molecule has 0 amide bonds. The zero-order valence-corrected chi connectivity index (χ0v) is 10.5. The van der Waals surface area contributed by atoms with Gasteiger partial charge < -0.3 is 9.84 Å². The van der Waals surface area contributed by atoms with E-state index in [9.17, 15) is 9.18 Å². The number of rotatable bonds is 4. The number of carboxylic acid groups (broad SMARTS) is 1. The van der Waals surface area contributed by atoms with E-state index >= 15 is 0 Å². The third-order valence-corrected chi connectivity index (χ3v) is 2.67. The van der Waals surface area contributed by atoms with Crippen molar-refractivity contribution in [1.82, 2.24) is 0 Å². The van der Waals surface area contributed by atoms with Gasteiger partial charge in [-0.25, -0.2) is 4.39 Å². The number of hydrogen-bond acceptors (Lipinski definition) is 2. The minimum absolute atomic E-state index is 0.168. The monoisotopic (exact) mass is 240 g/mol. The Labute approximate surface area is 100 Å². The van der Waals surface area contributed by atoms with E-state index in [-0.39, 0.29) is 6.42 Å². The minimum atomic E-state index is -1.56. The van der Waals surface area contributed by atoms with E-state index in [0.717, 1.165) is 5.56 Å². The molecule has 1 aromatic carbocycles. The van der Waals surface area contributed by atoms with Crippen molar-refractivity contribution in [2.45, 2.75) is 32.9 Å². The lowest BCUT2D eigenvalue weighted by Gasteiger charge is -2.21. The fraction of sp³-hybridized carbons (Fsp3) is 0.462. The van der Waals surface area contributed by atoms with Crippen LogP contribution in [0.2, 0.25) is 0 Å². The Morgan fingerprint density at radius 3 is 2.47 bits per heavy atom. The summed E-state index contributed by atoms with van der Waals surface area (Å²) in [5.74, 6) is -0.625. The zero-order valence-electron chi connectivity index (χ0n) is 10.5. The molecule has 3 nitrogen and oxygen atoms in total. The van der Waals surface area contributed by atoms with Crippen molar-refractivity contribution in [3.63, 3.8) is 0 Å². The van der Waals surface area contributed by atoms with Crippen LogP contribution in [0.3, 0.4) is 0 Å². The minimum Gasteiger partial charge on any atom is -0.496 e. The molecule has 0 unspecified atom stereocenters. The molecule has 0 aliphatic rings. The molecular formula is C13H17FO3. The van der Waals surface area contributed by atoms with Crippen molar-refractivity contribution in [3.8, 4) is 5.75 Å². The van der Waals surface area contributed by atoms with Crippen LogP contribution >= 0.6 is 0 Å². The normalized spacial score (nSPS) is 11.4. The Kier molecular flexibility index (Phi) is 3.76. The molecular weight excluding hydrogens is 223 g/mol. The van der Waals surface area contributed by atoms with Crippen LogP contribution in [0, 0.1) is 6.92 Å². The van der Waals surface area contributed by atoms with Gasteiger partial charge in [-0.3, -0.25) is 4.79 Å². The number of methoxy groups -OCH3 is 1. The summed E-state index contributed by atoms with van der Waals surface area (Å²) in [6, 6.07) is 3.36. The summed E-state index contributed by atoms with van der Waals surface area (Å²) in [6.07, 6.45) is -0.168. The SMILES string of the molecule is COc1c(C(C)(C)F)ccc(C)c1CC(=O)O. The summed E-state index contributed by atoms with van der Waals surface area (Å²) in [5.41, 5.74) is 0.133. The maximum absolute atomic E-state index is 14.0. The quantitative estimate of drug-likeness (QED) is 0.880. The predicted octanol–water partition coefficient (Wildman–Crippen LogP) is 2.84. The summed E-state index contributed by atoms with van der Waals surface area (Å²) >= 11 is 0. The molecule has 0 fully saturated rings. The lowest BCUT2D eigenvalue weighted by molar-refractivity contribution is -0.136. The summed E-state index contributed by atoms with van der Waals surface area (Å²) in [4.78, 5) is 10.8. The number of ether oxygens (including phenoxy) is 1. The Bertz CT molecular complexity index is 433. The van der Waals surface area contributed by atoms with Crippen LogP contribution in [-0.4, -0.2) is 18.2 Å². The summed E-state index contributed by atoms with van der Waals surface area (Å²) < 4.78 is 19.2. The van der Waals surface area contributed by atoms with Crippen molar-refractivity contribution in [3.05, 3.63) is 28.8 Å². The van der Waals surface area contributed by atoms with Crippen LogP contribution in [-0.2, 0) is 16.9 Å². The number of aliphatic carboxylic acids is 1. The molecule has 4 heteroatoms. The Hall–Kier alpha value is -1.58. The van der Waals surface area contributed by atoms with E-state index < -0.39 is 11.6 Å². The van der Waals surface area contributed by atoms with Gasteiger partial charge in [-0.2, -0.15) is 0 Å². The maximum Gasteiger partial charge on any atom is 0.307 e. The Morgan fingerprint density at radius 1 is 1.47 bits per heavy atom. The number of carbonyl (C=O) groups is 1. The van der Waals surface area contributed by atoms with E-state index in [1.165, 1.54) is 21.0 Å². The first-order valence-corrected chi connectivity index (χ1v) is 5.35. The molecule has 0 aromatic heterocycles. The largest absolute Gasteiger partial charge is 0.496 e. The van der Waals surface area contributed by atoms with Gasteiger partial charge in [0.2, 0.25) is 0 Å². The number of halogens is 1. The average Bonchev–Trinajstić information content (AvgIpc) is 2.18. The van der Waals surface area contributed by atoms with Gasteiger partial charge in [0, 0.05) is 11.1 Å². The number of carboxylic acids is 1. The van der Waals surface area contributed by atoms with Crippen molar-refractivity contribution in [2.24, 2.45) is 0 Å². The average molecular weight is 240 g/mol. The van der Waals surface area contributed by atoms with E-state index in [0.29, 0.717) is 16.9 Å². The molecule has 94 valence electrons. The summed E-state index contributed by atoms with van der Waals surface area (Å²) in [6.45, 7) is 4.63. The highest BCUT2D eigenvalue weighted by Crippen LogP contribution is 2.36. The second kappa shape index (κ2) is 4.73. The van der Waals surface area contributed by atoms with Gasteiger partial charge in [-0.15, -0.1) is 0 Å². The molecule has 0 heterocycles. The smallest absolute Gasteiger partial charge is 0.307 e. The van der Waals surface area contributed by atoms with Crippen LogP contribution in [0.4, 0.5) is 4.39 Å². The second-order valence-electron chi connectivity index (χ2n) is 4.48. The number of alkyl halides is 1. The molecule has 1 rings (SSSR count). The van der Waals surface area contributed by atoms with Gasteiger partial charge >= 0.3 is 5.97 Å². The number of hydrogen-bond donors (Lipinski definition) is 1. The maximum atomic E-state index is 14.0. The molecule has 0 bridgehead atoms. The van der Waals surface area contributed by atoms with Crippen LogP contribution in [0.25, 0.3) is 0 Å². The highest BCUT2D eigenvalue weighted by atomic mass is 19.1. The lowest BCUT2D eigenvalue weighted by atomic mass is 9.92. The molecule has 0 aliphatic heterocycles. The number of benzene rings is 1. The number of aryl methyl sites for hydroxylation is 1. The summed E-state index contributed by atoms with van der Waals surface area (Å²) in [7, 11) is 1.43. The molecule has 0 radical (unpaired) electrons. The van der Waals surface area contributed by atoms with Crippen molar-refractivity contribution in [1.29, 1.82) is 0 Å². The molecule has 1 aromatic rings. The predicted molar refractivity (Wildman–Crippen MR) is 63.2 cm³/mol. The van der Waals surface area contributed by atoms with Crippen molar-refractivity contribution < 1.29 is 19.0 Å². The highest BCUT2D eigenvalue weighted by Gasteiger charge is 2.26. The van der Waals surface area contributed by atoms with E-state index in [4.69, 9.17) is 9.84 Å². The first-order chi connectivity index (χ1) is 7.77. The van der Waals surface area contributed by atoms with Crippen LogP contribution in [0.15, 0.2) is 12.1 Å². The molecule has 0 aliphatic carbocycles. The van der Waals surface area contributed by atoms with Gasteiger partial charge in [-0.05, 0) is 26.3 Å². The van der Waals surface area contributed by atoms with Gasteiger partial charge in [0.05, 0.1) is 13.5 Å². The van der Waals surface area contributed by atoms with Crippen molar-refractivity contribution >= 4 is 5.97 Å². The van der Waals surface area contributed by atoms with Crippen LogP contribution < -0.4 is 4.74 Å². The van der Waals surface area contributed by atoms with Gasteiger partial charge in [0.1, 0.15) is 11.4 Å². The fourth-order valence-electron chi connectivity index (χ4n) is 1.80. The summed E-state index contributed by atoms with van der Waals surface area (Å²) in [5, 5.41) is 8.86. The van der Waals surface area contributed by atoms with E-state index in [2.05, 4.69) is 0 Å². The second-order valence-corrected chi connectivity index (χ2v) is 4.48. The first-order valence-electron chi connectivity index (χ1n) is 5.35. The topological polar surface area (TPSA) is 46.5 Å². The highest BCUT2D eigenvalue weighted by molar-refractivity contribution is 5.72. The molecule has 0 spiro atoms. The van der Waals surface area contributed by atoms with E-state index in [1.54, 1.807) is 19.1 Å². The van der Waals surface area contributed by atoms with Crippen LogP contribution in [0.5, 0.6) is 5.75 Å². The van der Waals surface area contributed by atoms with Crippen molar-refractivity contribution in [2.75, 3.05) is 7.11 Å². The standard InChI is InChI=1S/C13H17FO3/c1-8-5-6-10(13(2,3)14)12(17-4)9(8)7-11(15)16/h5-6H,7H2,1-4H3,(H,15,16). The fourth-order valence-corrected chi connectivity index (χ4v) is 1.80. The third-order valence-electron chi connectivity index (χ3n) is 2.67. The van der Waals surface area contributed by atoms with Crippen LogP contribution in [0.1, 0.15) is 30.5 Å².